The van der Waals surface area contributed by atoms with E-state index in [4.69, 9.17) is 16.3 Å². The highest BCUT2D eigenvalue weighted by molar-refractivity contribution is 6.30. The molecule has 1 atom stereocenters. The van der Waals surface area contributed by atoms with Crippen molar-refractivity contribution in [3.63, 3.8) is 0 Å². The Morgan fingerprint density at radius 3 is 2.14 bits per heavy atom. The number of Topliss-reactive ketones (excluding diaryl/α,β-unsaturated/α-hetero) is 1. The number of hydrogen-bond donors (Lipinski definition) is 0. The molecule has 3 aromatic carbocycles. The van der Waals surface area contributed by atoms with Crippen molar-refractivity contribution >= 4 is 29.0 Å². The number of esters is 1. The van der Waals surface area contributed by atoms with Gasteiger partial charge in [0.05, 0.1) is 4.92 Å². The number of ether oxygens (including phenoxy) is 1. The number of nitro benzene ring substituents is 1. The molecule has 3 rings (SSSR count). The molecule has 1 unspecified atom stereocenters. The van der Waals surface area contributed by atoms with E-state index in [2.05, 4.69) is 0 Å². The molecule has 0 bridgehead atoms. The van der Waals surface area contributed by atoms with Gasteiger partial charge in [0.2, 0.25) is 5.78 Å². The Balaban J connectivity index is 1.98. The lowest BCUT2D eigenvalue weighted by Crippen LogP contribution is -2.21. The number of halogens is 1. The zero-order valence-corrected chi connectivity index (χ0v) is 15.2. The number of carbonyl (C=O) groups excluding carboxylic acids is 2. The quantitative estimate of drug-likeness (QED) is 0.253. The summed E-state index contributed by atoms with van der Waals surface area (Å²) in [4.78, 5) is 36.1. The van der Waals surface area contributed by atoms with Crippen LogP contribution in [0.5, 0.6) is 0 Å². The molecule has 0 fully saturated rings. The fraction of sp³-hybridized carbons (Fsp3) is 0.0476. The summed E-state index contributed by atoms with van der Waals surface area (Å²) >= 11 is 5.90. The first-order valence-corrected chi connectivity index (χ1v) is 8.64. The van der Waals surface area contributed by atoms with Crippen LogP contribution in [0, 0.1) is 10.1 Å². The Kier molecular flexibility index (Phi) is 5.81. The van der Waals surface area contributed by atoms with Crippen molar-refractivity contribution in [2.75, 3.05) is 0 Å². The van der Waals surface area contributed by atoms with Crippen LogP contribution < -0.4 is 0 Å². The molecule has 0 aliphatic rings. The van der Waals surface area contributed by atoms with E-state index >= 15 is 0 Å². The van der Waals surface area contributed by atoms with Crippen molar-refractivity contribution in [3.8, 4) is 0 Å². The second-order valence-corrected chi connectivity index (χ2v) is 6.28. The first kappa shape index (κ1) is 19.3. The van der Waals surface area contributed by atoms with Gasteiger partial charge in [0.25, 0.3) is 5.69 Å². The maximum Gasteiger partial charge on any atom is 0.346 e. The first-order chi connectivity index (χ1) is 13.5. The topological polar surface area (TPSA) is 86.5 Å². The average molecular weight is 396 g/mol. The molecule has 6 nitrogen and oxygen atoms in total. The number of rotatable bonds is 6. The van der Waals surface area contributed by atoms with Gasteiger partial charge in [-0.2, -0.15) is 0 Å². The Morgan fingerprint density at radius 1 is 0.893 bits per heavy atom. The van der Waals surface area contributed by atoms with Gasteiger partial charge in [-0.05, 0) is 18.2 Å². The average Bonchev–Trinajstić information content (AvgIpc) is 2.72. The Morgan fingerprint density at radius 2 is 1.50 bits per heavy atom. The molecule has 0 radical (unpaired) electrons. The number of carbonyl (C=O) groups is 2. The van der Waals surface area contributed by atoms with Gasteiger partial charge < -0.3 is 4.74 Å². The van der Waals surface area contributed by atoms with Crippen LogP contribution in [0.4, 0.5) is 5.69 Å². The second kappa shape index (κ2) is 8.45. The lowest BCUT2D eigenvalue weighted by Gasteiger charge is -2.17. The number of para-hydroxylation sites is 1. The van der Waals surface area contributed by atoms with Crippen LogP contribution in [0.15, 0.2) is 78.9 Å². The van der Waals surface area contributed by atoms with Crippen LogP contribution in [0.1, 0.15) is 32.4 Å². The molecule has 0 saturated carbocycles. The third-order valence-corrected chi connectivity index (χ3v) is 4.27. The van der Waals surface area contributed by atoms with E-state index in [0.29, 0.717) is 16.1 Å². The van der Waals surface area contributed by atoms with E-state index in [1.54, 1.807) is 54.6 Å². The van der Waals surface area contributed by atoms with Gasteiger partial charge in [-0.1, -0.05) is 66.2 Å². The number of ketones is 1. The molecule has 7 heteroatoms. The maximum absolute atomic E-state index is 13.0. The smallest absolute Gasteiger partial charge is 0.346 e. The highest BCUT2D eigenvalue weighted by Gasteiger charge is 2.29. The summed E-state index contributed by atoms with van der Waals surface area (Å²) < 4.78 is 5.43. The number of nitrogens with zero attached hydrogens (tertiary/aromatic N) is 1. The largest absolute Gasteiger partial charge is 0.445 e. The molecule has 0 aliphatic carbocycles. The summed E-state index contributed by atoms with van der Waals surface area (Å²) in [5.74, 6) is -1.41. The van der Waals surface area contributed by atoms with Crippen molar-refractivity contribution in [3.05, 3.63) is 111 Å². The highest BCUT2D eigenvalue weighted by atomic mass is 35.5. The standard InChI is InChI=1S/C21H14ClNO5/c22-16-12-10-15(11-13-16)20(19(24)14-6-2-1-3-7-14)28-21(25)17-8-4-5-9-18(17)23(26)27/h1-13,20H. The van der Waals surface area contributed by atoms with Gasteiger partial charge in [0.1, 0.15) is 5.56 Å². The van der Waals surface area contributed by atoms with Crippen molar-refractivity contribution in [1.29, 1.82) is 0 Å². The van der Waals surface area contributed by atoms with Crippen LogP contribution in [-0.4, -0.2) is 16.7 Å². The minimum Gasteiger partial charge on any atom is -0.445 e. The Labute approximate surface area is 165 Å². The first-order valence-electron chi connectivity index (χ1n) is 8.26. The van der Waals surface area contributed by atoms with E-state index in [9.17, 15) is 19.7 Å². The summed E-state index contributed by atoms with van der Waals surface area (Å²) in [5.41, 5.74) is 0.129. The maximum atomic E-state index is 13.0. The monoisotopic (exact) mass is 395 g/mol. The van der Waals surface area contributed by atoms with Gasteiger partial charge in [0, 0.05) is 22.2 Å². The van der Waals surface area contributed by atoms with E-state index in [1.807, 2.05) is 0 Å². The molecule has 0 N–H and O–H groups in total. The molecule has 0 aromatic heterocycles. The summed E-state index contributed by atoms with van der Waals surface area (Å²) in [6, 6.07) is 20.0. The summed E-state index contributed by atoms with van der Waals surface area (Å²) in [6.07, 6.45) is -1.27. The van der Waals surface area contributed by atoms with Crippen LogP contribution in [0.25, 0.3) is 0 Å². The van der Waals surface area contributed by atoms with Crippen molar-refractivity contribution in [2.24, 2.45) is 0 Å². The van der Waals surface area contributed by atoms with Crippen molar-refractivity contribution < 1.29 is 19.2 Å². The minimum absolute atomic E-state index is 0.229. The van der Waals surface area contributed by atoms with Crippen LogP contribution in [-0.2, 0) is 4.74 Å². The summed E-state index contributed by atoms with van der Waals surface area (Å²) in [6.45, 7) is 0. The molecule has 0 spiro atoms. The predicted octanol–water partition coefficient (Wildman–Crippen LogP) is 5.03. The SMILES string of the molecule is O=C(OC(C(=O)c1ccccc1)c1ccc(Cl)cc1)c1ccccc1[N+](=O)[O-]. The molecule has 0 heterocycles. The van der Waals surface area contributed by atoms with Crippen LogP contribution >= 0.6 is 11.6 Å². The van der Waals surface area contributed by atoms with Gasteiger partial charge in [0.15, 0.2) is 6.10 Å². The molecule has 140 valence electrons. The van der Waals surface area contributed by atoms with E-state index in [1.165, 1.54) is 24.3 Å². The fourth-order valence-electron chi connectivity index (χ4n) is 2.64. The molecule has 0 amide bonds. The van der Waals surface area contributed by atoms with E-state index in [-0.39, 0.29) is 5.56 Å². The highest BCUT2D eigenvalue weighted by Crippen LogP contribution is 2.27. The van der Waals surface area contributed by atoms with Crippen molar-refractivity contribution in [2.45, 2.75) is 6.10 Å². The summed E-state index contributed by atoms with van der Waals surface area (Å²) in [5, 5.41) is 11.6. The molecule has 28 heavy (non-hydrogen) atoms. The third kappa shape index (κ3) is 4.24. The zero-order chi connectivity index (χ0) is 20.1. The van der Waals surface area contributed by atoms with E-state index in [0.717, 1.165) is 0 Å². The molecule has 3 aromatic rings. The molecular formula is C21H14ClNO5. The van der Waals surface area contributed by atoms with Gasteiger partial charge >= 0.3 is 5.97 Å². The fourth-order valence-corrected chi connectivity index (χ4v) is 2.77. The minimum atomic E-state index is -1.27. The second-order valence-electron chi connectivity index (χ2n) is 5.84. The van der Waals surface area contributed by atoms with E-state index < -0.39 is 28.5 Å². The van der Waals surface area contributed by atoms with Gasteiger partial charge in [-0.3, -0.25) is 14.9 Å². The number of hydrogen-bond acceptors (Lipinski definition) is 5. The summed E-state index contributed by atoms with van der Waals surface area (Å²) in [7, 11) is 0. The van der Waals surface area contributed by atoms with Gasteiger partial charge in [-0.25, -0.2) is 4.79 Å². The van der Waals surface area contributed by atoms with Crippen molar-refractivity contribution in [1.82, 2.24) is 0 Å². The number of benzene rings is 3. The Hall–Kier alpha value is -3.51. The van der Waals surface area contributed by atoms with Gasteiger partial charge in [-0.15, -0.1) is 0 Å². The zero-order valence-electron chi connectivity index (χ0n) is 14.4. The lowest BCUT2D eigenvalue weighted by atomic mass is 9.99. The molecular weight excluding hydrogens is 382 g/mol. The molecule has 0 aliphatic heterocycles. The van der Waals surface area contributed by atoms with Crippen LogP contribution in [0.2, 0.25) is 5.02 Å². The normalized spacial score (nSPS) is 11.5. The van der Waals surface area contributed by atoms with Crippen LogP contribution in [0.3, 0.4) is 0 Å². The molecule has 0 saturated heterocycles. The third-order valence-electron chi connectivity index (χ3n) is 4.01. The predicted molar refractivity (Wildman–Crippen MR) is 103 cm³/mol. The Bertz CT molecular complexity index is 1020. The lowest BCUT2D eigenvalue weighted by molar-refractivity contribution is -0.385. The number of nitro groups is 1.